The molecule has 1 nitrogen and oxygen atoms in total. The van der Waals surface area contributed by atoms with E-state index in [1.54, 1.807) is 0 Å². The van der Waals surface area contributed by atoms with Gasteiger partial charge in [0.2, 0.25) is 0 Å². The van der Waals surface area contributed by atoms with Crippen LogP contribution >= 0.6 is 0 Å². The van der Waals surface area contributed by atoms with Crippen molar-refractivity contribution in [2.24, 2.45) is 17.6 Å². The third kappa shape index (κ3) is 3.29. The molecule has 0 aliphatic heterocycles. The fourth-order valence-electron chi connectivity index (χ4n) is 2.63. The zero-order valence-electron chi connectivity index (χ0n) is 10.8. The Morgan fingerprint density at radius 3 is 2.39 bits per heavy atom. The monoisotopic (exact) mass is 253 g/mol. The molecule has 0 heterocycles. The second-order valence-electron chi connectivity index (χ2n) is 5.45. The van der Waals surface area contributed by atoms with Gasteiger partial charge < -0.3 is 5.73 Å². The molecule has 0 radical (unpaired) electrons. The first-order chi connectivity index (χ1) is 8.50. The Morgan fingerprint density at radius 1 is 1.28 bits per heavy atom. The first kappa shape index (κ1) is 13.5. The van der Waals surface area contributed by atoms with E-state index in [4.69, 9.17) is 5.73 Å². The van der Waals surface area contributed by atoms with E-state index in [1.807, 2.05) is 37.3 Å². The highest BCUT2D eigenvalue weighted by atomic mass is 19.3. The van der Waals surface area contributed by atoms with Gasteiger partial charge in [-0.1, -0.05) is 30.3 Å². The van der Waals surface area contributed by atoms with Crippen LogP contribution in [-0.4, -0.2) is 5.92 Å². The fraction of sp³-hybridized carbons (Fsp3) is 0.600. The van der Waals surface area contributed by atoms with E-state index in [2.05, 4.69) is 0 Å². The van der Waals surface area contributed by atoms with Gasteiger partial charge in [-0.15, -0.1) is 0 Å². The van der Waals surface area contributed by atoms with E-state index < -0.39 is 5.92 Å². The molecule has 1 aromatic carbocycles. The number of alkyl halides is 2. The van der Waals surface area contributed by atoms with Crippen LogP contribution in [0, 0.1) is 11.8 Å². The van der Waals surface area contributed by atoms with Gasteiger partial charge >= 0.3 is 0 Å². The number of hydrogen-bond donors (Lipinski definition) is 1. The summed E-state index contributed by atoms with van der Waals surface area (Å²) >= 11 is 0. The lowest BCUT2D eigenvalue weighted by atomic mass is 9.97. The van der Waals surface area contributed by atoms with Crippen LogP contribution in [0.15, 0.2) is 30.3 Å². The fourth-order valence-corrected chi connectivity index (χ4v) is 2.63. The summed E-state index contributed by atoms with van der Waals surface area (Å²) in [6.07, 6.45) is 2.75. The molecular formula is C15H21F2N. The van der Waals surface area contributed by atoms with Crippen LogP contribution in [0.25, 0.3) is 0 Å². The van der Waals surface area contributed by atoms with E-state index in [0.29, 0.717) is 5.92 Å². The number of fused-ring (bicyclic) bond motifs is 1. The largest absolute Gasteiger partial charge is 0.324 e. The summed E-state index contributed by atoms with van der Waals surface area (Å²) in [6, 6.07) is 10.2. The molecule has 100 valence electrons. The second kappa shape index (κ2) is 5.35. The highest BCUT2D eigenvalue weighted by molar-refractivity contribution is 5.17. The maximum Gasteiger partial charge on any atom is 0.251 e. The number of benzene rings is 1. The van der Waals surface area contributed by atoms with Gasteiger partial charge in [-0.05, 0) is 37.7 Å². The van der Waals surface area contributed by atoms with Crippen molar-refractivity contribution in [2.75, 3.05) is 0 Å². The van der Waals surface area contributed by atoms with E-state index in [-0.39, 0.29) is 18.4 Å². The van der Waals surface area contributed by atoms with Crippen LogP contribution in [0.3, 0.4) is 0 Å². The lowest BCUT2D eigenvalue weighted by molar-refractivity contribution is -0.0491. The average Bonchev–Trinajstić information content (AvgIpc) is 3.11. The average molecular weight is 253 g/mol. The van der Waals surface area contributed by atoms with Gasteiger partial charge in [-0.25, -0.2) is 8.78 Å². The van der Waals surface area contributed by atoms with E-state index >= 15 is 0 Å². The molecular weight excluding hydrogens is 232 g/mol. The summed E-state index contributed by atoms with van der Waals surface area (Å²) < 4.78 is 25.3. The minimum Gasteiger partial charge on any atom is -0.324 e. The molecule has 0 spiro atoms. The van der Waals surface area contributed by atoms with Gasteiger partial charge in [-0.2, -0.15) is 0 Å². The molecule has 3 heteroatoms. The quantitative estimate of drug-likeness (QED) is 0.799. The number of halogens is 2. The minimum atomic E-state index is -2.29. The van der Waals surface area contributed by atoms with Gasteiger partial charge in [0.15, 0.2) is 0 Å². The molecule has 1 aromatic rings. The molecule has 3 unspecified atom stereocenters. The Kier molecular flexibility index (Phi) is 4.00. The molecule has 3 atom stereocenters. The summed E-state index contributed by atoms with van der Waals surface area (Å²) in [5.41, 5.74) is 6.81. The molecule has 0 bridgehead atoms. The molecule has 2 aliphatic rings. The van der Waals surface area contributed by atoms with Crippen LogP contribution in [0.5, 0.6) is 0 Å². The van der Waals surface area contributed by atoms with Gasteiger partial charge in [0, 0.05) is 18.4 Å². The van der Waals surface area contributed by atoms with E-state index in [0.717, 1.165) is 19.3 Å². The van der Waals surface area contributed by atoms with Crippen LogP contribution in [0.2, 0.25) is 0 Å². The molecule has 2 fully saturated rings. The Bertz CT molecular complexity index is 375. The summed E-state index contributed by atoms with van der Waals surface area (Å²) in [4.78, 5) is 0. The van der Waals surface area contributed by atoms with Crippen molar-refractivity contribution in [3.05, 3.63) is 35.9 Å². The predicted molar refractivity (Wildman–Crippen MR) is 69.4 cm³/mol. The third-order valence-corrected chi connectivity index (χ3v) is 3.88. The number of nitrogens with two attached hydrogens (primary N) is 1. The van der Waals surface area contributed by atoms with Crippen LogP contribution in [-0.2, 0) is 0 Å². The lowest BCUT2D eigenvalue weighted by Crippen LogP contribution is -2.23. The maximum absolute atomic E-state index is 12.6. The van der Waals surface area contributed by atoms with Crippen molar-refractivity contribution >= 4 is 0 Å². The van der Waals surface area contributed by atoms with Crippen LogP contribution in [0.1, 0.15) is 44.2 Å². The van der Waals surface area contributed by atoms with Gasteiger partial charge in [0.25, 0.3) is 5.92 Å². The Hall–Kier alpha value is -0.960. The highest BCUT2D eigenvalue weighted by Gasteiger charge is 2.56. The number of hydrogen-bond acceptors (Lipinski definition) is 1. The SMILES string of the molecule is CC(N)c1ccccc1.FC1(F)CCCC2CC21. The Balaban J connectivity index is 0.000000134. The van der Waals surface area contributed by atoms with Crippen molar-refractivity contribution in [1.82, 2.24) is 0 Å². The standard InChI is InChI=1S/C8H11N.C7H10F2/c1-7(9)8-5-3-2-4-6-8;8-7(9)3-1-2-5-4-6(5)7/h2-7H,9H2,1H3;5-6H,1-4H2. The predicted octanol–water partition coefficient (Wildman–Crippen LogP) is 4.15. The normalized spacial score (nSPS) is 29.6. The summed E-state index contributed by atoms with van der Waals surface area (Å²) in [6.45, 7) is 1.98. The van der Waals surface area contributed by atoms with Crippen LogP contribution in [0.4, 0.5) is 8.78 Å². The van der Waals surface area contributed by atoms with Crippen molar-refractivity contribution in [3.63, 3.8) is 0 Å². The lowest BCUT2D eigenvalue weighted by Gasteiger charge is -2.20. The van der Waals surface area contributed by atoms with Gasteiger partial charge in [0.1, 0.15) is 0 Å². The van der Waals surface area contributed by atoms with E-state index in [1.165, 1.54) is 5.56 Å². The van der Waals surface area contributed by atoms with Crippen molar-refractivity contribution in [3.8, 4) is 0 Å². The smallest absolute Gasteiger partial charge is 0.251 e. The van der Waals surface area contributed by atoms with Crippen molar-refractivity contribution in [1.29, 1.82) is 0 Å². The molecule has 0 amide bonds. The van der Waals surface area contributed by atoms with E-state index in [9.17, 15) is 8.78 Å². The highest BCUT2D eigenvalue weighted by Crippen LogP contribution is 2.57. The molecule has 2 aliphatic carbocycles. The topological polar surface area (TPSA) is 26.0 Å². The minimum absolute atomic E-state index is 0.147. The maximum atomic E-state index is 12.6. The Morgan fingerprint density at radius 2 is 1.94 bits per heavy atom. The molecule has 0 saturated heterocycles. The molecule has 3 rings (SSSR count). The number of rotatable bonds is 1. The zero-order valence-corrected chi connectivity index (χ0v) is 10.8. The van der Waals surface area contributed by atoms with Crippen LogP contribution < -0.4 is 5.73 Å². The second-order valence-corrected chi connectivity index (χ2v) is 5.45. The van der Waals surface area contributed by atoms with Crippen molar-refractivity contribution in [2.45, 2.75) is 44.6 Å². The Labute approximate surface area is 107 Å². The molecule has 2 N–H and O–H groups in total. The van der Waals surface area contributed by atoms with Gasteiger partial charge in [0.05, 0.1) is 0 Å². The first-order valence-electron chi connectivity index (χ1n) is 6.69. The molecule has 0 aromatic heterocycles. The van der Waals surface area contributed by atoms with Gasteiger partial charge in [-0.3, -0.25) is 0 Å². The summed E-state index contributed by atoms with van der Waals surface area (Å²) in [7, 11) is 0. The van der Waals surface area contributed by atoms with Crippen molar-refractivity contribution < 1.29 is 8.78 Å². The first-order valence-corrected chi connectivity index (χ1v) is 6.69. The zero-order chi connectivity index (χ0) is 13.2. The third-order valence-electron chi connectivity index (χ3n) is 3.88. The molecule has 2 saturated carbocycles. The molecule has 18 heavy (non-hydrogen) atoms. The summed E-state index contributed by atoms with van der Waals surface area (Å²) in [5.74, 6) is -2.11. The summed E-state index contributed by atoms with van der Waals surface area (Å²) in [5, 5.41) is 0.